The van der Waals surface area contributed by atoms with Gasteiger partial charge in [-0.2, -0.15) is 0 Å². The molecule has 1 aliphatic carbocycles. The molecular weight excluding hydrogens is 258 g/mol. The molecule has 1 N–H and O–H groups in total. The number of hydrogen-bond donors (Lipinski definition) is 1. The maximum Gasteiger partial charge on any atom is 0.124 e. The van der Waals surface area contributed by atoms with Gasteiger partial charge in [-0.05, 0) is 23.7 Å². The second-order valence-electron chi connectivity index (χ2n) is 6.26. The van der Waals surface area contributed by atoms with E-state index in [-0.39, 0.29) is 5.60 Å². The predicted octanol–water partition coefficient (Wildman–Crippen LogP) is 3.66. The van der Waals surface area contributed by atoms with Gasteiger partial charge in [0.2, 0.25) is 0 Å². The molecule has 0 radical (unpaired) electrons. The molecule has 2 heteroatoms. The van der Waals surface area contributed by atoms with E-state index in [9.17, 15) is 0 Å². The Bertz CT molecular complexity index is 639. The highest BCUT2D eigenvalue weighted by atomic mass is 16.5. The van der Waals surface area contributed by atoms with Crippen molar-refractivity contribution in [2.75, 3.05) is 6.54 Å². The Morgan fingerprint density at radius 2 is 1.71 bits per heavy atom. The van der Waals surface area contributed by atoms with Crippen LogP contribution in [0.5, 0.6) is 5.75 Å². The molecule has 1 atom stereocenters. The monoisotopic (exact) mass is 279 g/mol. The lowest BCUT2D eigenvalue weighted by atomic mass is 9.85. The number of rotatable bonds is 2. The zero-order valence-corrected chi connectivity index (χ0v) is 12.4. The lowest BCUT2D eigenvalue weighted by molar-refractivity contribution is 0.0403. The van der Waals surface area contributed by atoms with Crippen LogP contribution in [0.4, 0.5) is 0 Å². The van der Waals surface area contributed by atoms with Crippen LogP contribution in [0.15, 0.2) is 48.5 Å². The summed E-state index contributed by atoms with van der Waals surface area (Å²) in [6.07, 6.45) is 3.10. The molecule has 0 amide bonds. The van der Waals surface area contributed by atoms with E-state index in [4.69, 9.17) is 4.74 Å². The van der Waals surface area contributed by atoms with Crippen LogP contribution in [0.25, 0.3) is 0 Å². The lowest BCUT2D eigenvalue weighted by Gasteiger charge is -2.40. The first-order valence-electron chi connectivity index (χ1n) is 7.88. The molecule has 4 rings (SSSR count). The summed E-state index contributed by atoms with van der Waals surface area (Å²) in [6, 6.07) is 17.6. The number of fused-ring (bicyclic) bond motifs is 2. The molecule has 2 aromatic rings. The Balaban J connectivity index is 1.71. The van der Waals surface area contributed by atoms with Gasteiger partial charge in [-0.3, -0.25) is 0 Å². The van der Waals surface area contributed by atoms with Crippen molar-refractivity contribution in [1.82, 2.24) is 5.32 Å². The van der Waals surface area contributed by atoms with Gasteiger partial charge >= 0.3 is 0 Å². The molecule has 2 aromatic carbocycles. The first-order chi connectivity index (χ1) is 10.3. The minimum atomic E-state index is -0.0646. The van der Waals surface area contributed by atoms with Gasteiger partial charge in [-0.15, -0.1) is 0 Å². The van der Waals surface area contributed by atoms with E-state index in [2.05, 4.69) is 60.8 Å². The van der Waals surface area contributed by atoms with Crippen LogP contribution >= 0.6 is 0 Å². The molecule has 0 fully saturated rings. The van der Waals surface area contributed by atoms with Gasteiger partial charge in [-0.1, -0.05) is 49.4 Å². The summed E-state index contributed by atoms with van der Waals surface area (Å²) in [5, 5.41) is 3.64. The summed E-state index contributed by atoms with van der Waals surface area (Å²) < 4.78 is 6.50. The SMILES string of the molecule is CCNC1CC2(Cc3ccccc3C2)Oc2ccccc21. The third-order valence-corrected chi connectivity index (χ3v) is 4.79. The van der Waals surface area contributed by atoms with Crippen molar-refractivity contribution in [2.45, 2.75) is 37.8 Å². The van der Waals surface area contributed by atoms with Gasteiger partial charge in [0, 0.05) is 30.9 Å². The Hall–Kier alpha value is -1.80. The molecule has 0 bridgehead atoms. The Morgan fingerprint density at radius 3 is 2.43 bits per heavy atom. The van der Waals surface area contributed by atoms with Crippen molar-refractivity contribution < 1.29 is 4.74 Å². The van der Waals surface area contributed by atoms with Crippen molar-refractivity contribution in [1.29, 1.82) is 0 Å². The van der Waals surface area contributed by atoms with Crippen molar-refractivity contribution in [2.24, 2.45) is 0 Å². The van der Waals surface area contributed by atoms with Crippen molar-refractivity contribution in [3.63, 3.8) is 0 Å². The molecule has 108 valence electrons. The fourth-order valence-corrected chi connectivity index (χ4v) is 3.92. The number of para-hydroxylation sites is 1. The van der Waals surface area contributed by atoms with Crippen molar-refractivity contribution in [3.05, 3.63) is 65.2 Å². The van der Waals surface area contributed by atoms with Crippen LogP contribution in [0, 0.1) is 0 Å². The Kier molecular flexibility index (Phi) is 3.00. The highest BCUT2D eigenvalue weighted by Gasteiger charge is 2.44. The maximum atomic E-state index is 6.50. The number of hydrogen-bond acceptors (Lipinski definition) is 2. The molecule has 1 spiro atoms. The average molecular weight is 279 g/mol. The van der Waals surface area contributed by atoms with E-state index in [1.807, 2.05) is 0 Å². The molecular formula is C19H21NO. The summed E-state index contributed by atoms with van der Waals surface area (Å²) >= 11 is 0. The third-order valence-electron chi connectivity index (χ3n) is 4.79. The van der Waals surface area contributed by atoms with Gasteiger partial charge in [0.15, 0.2) is 0 Å². The molecule has 2 nitrogen and oxygen atoms in total. The summed E-state index contributed by atoms with van der Waals surface area (Å²) in [7, 11) is 0. The third kappa shape index (κ3) is 2.14. The van der Waals surface area contributed by atoms with E-state index in [0.29, 0.717) is 6.04 Å². The van der Waals surface area contributed by atoms with Crippen molar-refractivity contribution in [3.8, 4) is 5.75 Å². The normalized spacial score (nSPS) is 21.7. The highest BCUT2D eigenvalue weighted by molar-refractivity contribution is 5.43. The Labute approximate surface area is 126 Å². The molecule has 1 unspecified atom stereocenters. The number of ether oxygens (including phenoxy) is 1. The van der Waals surface area contributed by atoms with E-state index < -0.39 is 0 Å². The minimum absolute atomic E-state index is 0.0646. The van der Waals surface area contributed by atoms with E-state index >= 15 is 0 Å². The predicted molar refractivity (Wildman–Crippen MR) is 84.7 cm³/mol. The summed E-state index contributed by atoms with van der Waals surface area (Å²) in [4.78, 5) is 0. The van der Waals surface area contributed by atoms with E-state index in [1.165, 1.54) is 16.7 Å². The van der Waals surface area contributed by atoms with Crippen LogP contribution < -0.4 is 10.1 Å². The Morgan fingerprint density at radius 1 is 1.05 bits per heavy atom. The summed E-state index contributed by atoms with van der Waals surface area (Å²) in [5.41, 5.74) is 4.14. The van der Waals surface area contributed by atoms with Gasteiger partial charge in [0.05, 0.1) is 0 Å². The molecule has 1 heterocycles. The molecule has 1 aliphatic heterocycles. The molecule has 2 aliphatic rings. The van der Waals surface area contributed by atoms with Crippen LogP contribution in [0.2, 0.25) is 0 Å². The van der Waals surface area contributed by atoms with Crippen LogP contribution in [0.1, 0.15) is 36.1 Å². The largest absolute Gasteiger partial charge is 0.486 e. The fraction of sp³-hybridized carbons (Fsp3) is 0.368. The quantitative estimate of drug-likeness (QED) is 0.906. The lowest BCUT2D eigenvalue weighted by Crippen LogP contribution is -2.45. The molecule has 21 heavy (non-hydrogen) atoms. The first kappa shape index (κ1) is 12.9. The van der Waals surface area contributed by atoms with Gasteiger partial charge in [0.1, 0.15) is 11.4 Å². The average Bonchev–Trinajstić information content (AvgIpc) is 2.84. The molecule has 0 saturated heterocycles. The van der Waals surface area contributed by atoms with Crippen molar-refractivity contribution >= 4 is 0 Å². The standard InChI is InChI=1S/C19H21NO/c1-2-20-17-13-19(21-18-10-6-5-9-16(17)18)11-14-7-3-4-8-15(14)12-19/h3-10,17,20H,2,11-13H2,1H3. The second-order valence-corrected chi connectivity index (χ2v) is 6.26. The van der Waals surface area contributed by atoms with Crippen LogP contribution in [-0.4, -0.2) is 12.1 Å². The van der Waals surface area contributed by atoms with Gasteiger partial charge < -0.3 is 10.1 Å². The minimum Gasteiger partial charge on any atom is -0.486 e. The first-order valence-corrected chi connectivity index (χ1v) is 7.88. The van der Waals surface area contributed by atoms with Crippen LogP contribution in [-0.2, 0) is 12.8 Å². The highest BCUT2D eigenvalue weighted by Crippen LogP contribution is 2.45. The van der Waals surface area contributed by atoms with Gasteiger partial charge in [-0.25, -0.2) is 0 Å². The topological polar surface area (TPSA) is 21.3 Å². The smallest absolute Gasteiger partial charge is 0.124 e. The van der Waals surface area contributed by atoms with E-state index in [1.54, 1.807) is 0 Å². The van der Waals surface area contributed by atoms with E-state index in [0.717, 1.165) is 31.6 Å². The van der Waals surface area contributed by atoms with Gasteiger partial charge in [0.25, 0.3) is 0 Å². The fourth-order valence-electron chi connectivity index (χ4n) is 3.92. The summed E-state index contributed by atoms with van der Waals surface area (Å²) in [6.45, 7) is 3.16. The zero-order valence-electron chi connectivity index (χ0n) is 12.4. The van der Waals surface area contributed by atoms with Crippen LogP contribution in [0.3, 0.4) is 0 Å². The molecule has 0 aromatic heterocycles. The number of nitrogens with one attached hydrogen (secondary N) is 1. The second kappa shape index (κ2) is 4.88. The zero-order chi connectivity index (χ0) is 14.3. The maximum absolute atomic E-state index is 6.50. The molecule has 0 saturated carbocycles. The summed E-state index contributed by atoms with van der Waals surface area (Å²) in [5.74, 6) is 1.06. The number of benzene rings is 2.